The zero-order valence-electron chi connectivity index (χ0n) is 12.2. The van der Waals surface area contributed by atoms with Crippen LogP contribution in [-0.2, 0) is 11.2 Å². The van der Waals surface area contributed by atoms with E-state index in [4.69, 9.17) is 0 Å². The van der Waals surface area contributed by atoms with Crippen molar-refractivity contribution in [2.24, 2.45) is 0 Å². The monoisotopic (exact) mass is 399 g/mol. The van der Waals surface area contributed by atoms with E-state index in [0.717, 1.165) is 10.5 Å². The zero-order chi connectivity index (χ0) is 16.7. The van der Waals surface area contributed by atoms with Crippen LogP contribution in [-0.4, -0.2) is 22.5 Å². The van der Waals surface area contributed by atoms with Gasteiger partial charge in [-0.2, -0.15) is 8.78 Å². The summed E-state index contributed by atoms with van der Waals surface area (Å²) in [5.41, 5.74) is 0.990. The van der Waals surface area contributed by atoms with Crippen molar-refractivity contribution in [1.29, 1.82) is 0 Å². The Balaban J connectivity index is 2.03. The van der Waals surface area contributed by atoms with Crippen LogP contribution >= 0.6 is 27.7 Å². The molecule has 0 aliphatic carbocycles. The van der Waals surface area contributed by atoms with Crippen LogP contribution in [0.25, 0.3) is 0 Å². The van der Waals surface area contributed by atoms with Crippen LogP contribution in [0, 0.1) is 0 Å². The van der Waals surface area contributed by atoms with E-state index in [9.17, 15) is 13.6 Å². The average molecular weight is 400 g/mol. The third-order valence-corrected chi connectivity index (χ3v) is 4.65. The van der Waals surface area contributed by atoms with Crippen LogP contribution in [0.4, 0.5) is 8.78 Å². The van der Waals surface area contributed by atoms with E-state index in [2.05, 4.69) is 21.2 Å². The van der Waals surface area contributed by atoms with Crippen molar-refractivity contribution in [3.63, 3.8) is 0 Å². The lowest BCUT2D eigenvalue weighted by Gasteiger charge is -2.20. The Labute approximate surface area is 146 Å². The van der Waals surface area contributed by atoms with E-state index in [1.165, 1.54) is 11.8 Å². The molecule has 23 heavy (non-hydrogen) atoms. The number of thioether (sulfide) groups is 1. The summed E-state index contributed by atoms with van der Waals surface area (Å²) in [6, 6.07) is 18.8. The summed E-state index contributed by atoms with van der Waals surface area (Å²) >= 11 is 3.63. The highest BCUT2D eigenvalue weighted by Crippen LogP contribution is 2.23. The molecule has 1 amide bonds. The highest BCUT2D eigenvalue weighted by molar-refractivity contribution is 9.10. The van der Waals surface area contributed by atoms with Crippen molar-refractivity contribution in [2.75, 3.05) is 5.75 Å². The summed E-state index contributed by atoms with van der Waals surface area (Å²) in [5, 5.41) is 2.42. The predicted octanol–water partition coefficient (Wildman–Crippen LogP) is 4.49. The lowest BCUT2D eigenvalue weighted by molar-refractivity contribution is -0.134. The minimum atomic E-state index is -3.56. The largest absolute Gasteiger partial charge is 0.377 e. The normalized spacial score (nSPS) is 12.7. The van der Waals surface area contributed by atoms with E-state index in [0.29, 0.717) is 12.2 Å². The Morgan fingerprint density at radius 1 is 1.09 bits per heavy atom. The topological polar surface area (TPSA) is 29.1 Å². The molecule has 6 heteroatoms. The minimum Gasteiger partial charge on any atom is -0.346 e. The number of alkyl halides is 3. The molecule has 0 fully saturated rings. The van der Waals surface area contributed by atoms with Gasteiger partial charge in [-0.3, -0.25) is 4.79 Å². The standard InChI is InChI=1S/C17H16BrF2NOS/c18-17(19,20)16(22)21-14(11-13-7-3-1-4-8-13)12-23-15-9-5-2-6-10-15/h1-10,14H,11-12H2,(H,21,22). The summed E-state index contributed by atoms with van der Waals surface area (Å²) in [6.07, 6.45) is 0.496. The molecule has 0 saturated carbocycles. The van der Waals surface area contributed by atoms with Crippen LogP contribution in [0.3, 0.4) is 0 Å². The smallest absolute Gasteiger partial charge is 0.346 e. The van der Waals surface area contributed by atoms with E-state index >= 15 is 0 Å². The fourth-order valence-corrected chi connectivity index (χ4v) is 3.09. The van der Waals surface area contributed by atoms with Crippen LogP contribution in [0.2, 0.25) is 0 Å². The van der Waals surface area contributed by atoms with Gasteiger partial charge in [-0.25, -0.2) is 0 Å². The number of hydrogen-bond donors (Lipinski definition) is 1. The number of carbonyl (C=O) groups is 1. The second-order valence-corrected chi connectivity index (χ2v) is 7.07. The van der Waals surface area contributed by atoms with Crippen molar-refractivity contribution in [1.82, 2.24) is 5.32 Å². The second kappa shape index (κ2) is 8.45. The first-order valence-corrected chi connectivity index (χ1v) is 8.82. The summed E-state index contributed by atoms with van der Waals surface area (Å²) in [4.78, 5) is 9.04. The molecule has 0 heterocycles. The Morgan fingerprint density at radius 3 is 2.22 bits per heavy atom. The van der Waals surface area contributed by atoms with Gasteiger partial charge >= 0.3 is 10.7 Å². The SMILES string of the molecule is O=C(NC(CSc1ccccc1)Cc1ccccc1)C(F)(F)Br. The third kappa shape index (κ3) is 6.31. The Bertz CT molecular complexity index is 619. The summed E-state index contributed by atoms with van der Waals surface area (Å²) in [7, 11) is 0. The van der Waals surface area contributed by atoms with E-state index in [1.54, 1.807) is 0 Å². The molecule has 1 unspecified atom stereocenters. The molecule has 0 aliphatic rings. The van der Waals surface area contributed by atoms with Crippen LogP contribution in [0.5, 0.6) is 0 Å². The number of nitrogens with one attached hydrogen (secondary N) is 1. The number of amides is 1. The summed E-state index contributed by atoms with van der Waals surface area (Å²) < 4.78 is 26.2. The molecule has 2 rings (SSSR count). The summed E-state index contributed by atoms with van der Waals surface area (Å²) in [5.74, 6) is -0.805. The number of carbonyl (C=O) groups excluding carboxylic acids is 1. The van der Waals surface area contributed by atoms with Gasteiger partial charge < -0.3 is 5.32 Å². The molecule has 2 aromatic rings. The molecule has 0 spiro atoms. The molecule has 1 atom stereocenters. The quantitative estimate of drug-likeness (QED) is 0.548. The van der Waals surface area contributed by atoms with Crippen molar-refractivity contribution in [3.8, 4) is 0 Å². The van der Waals surface area contributed by atoms with E-state index in [1.807, 2.05) is 60.7 Å². The maximum atomic E-state index is 13.1. The maximum Gasteiger partial charge on any atom is 0.377 e. The average Bonchev–Trinajstić information content (AvgIpc) is 2.53. The highest BCUT2D eigenvalue weighted by Gasteiger charge is 2.36. The Kier molecular flexibility index (Phi) is 6.59. The van der Waals surface area contributed by atoms with Crippen LogP contribution in [0.1, 0.15) is 5.56 Å². The molecular weight excluding hydrogens is 384 g/mol. The molecule has 0 aromatic heterocycles. The molecule has 0 saturated heterocycles. The van der Waals surface area contributed by atoms with Gasteiger partial charge in [-0.1, -0.05) is 48.5 Å². The molecule has 2 nitrogen and oxygen atoms in total. The van der Waals surface area contributed by atoms with Crippen molar-refractivity contribution in [2.45, 2.75) is 22.2 Å². The van der Waals surface area contributed by atoms with Gasteiger partial charge in [-0.15, -0.1) is 11.8 Å². The molecule has 0 bridgehead atoms. The summed E-state index contributed by atoms with van der Waals surface area (Å²) in [6.45, 7) is 0. The number of hydrogen-bond acceptors (Lipinski definition) is 2. The molecule has 122 valence electrons. The van der Waals surface area contributed by atoms with Crippen LogP contribution in [0.15, 0.2) is 65.6 Å². The van der Waals surface area contributed by atoms with E-state index in [-0.39, 0.29) is 0 Å². The van der Waals surface area contributed by atoms with Crippen LogP contribution < -0.4 is 5.32 Å². The van der Waals surface area contributed by atoms with Gasteiger partial charge in [0.25, 0.3) is 0 Å². The zero-order valence-corrected chi connectivity index (χ0v) is 14.6. The lowest BCUT2D eigenvalue weighted by Crippen LogP contribution is -2.44. The predicted molar refractivity (Wildman–Crippen MR) is 93.1 cm³/mol. The third-order valence-electron chi connectivity index (χ3n) is 3.11. The number of rotatable bonds is 7. The van der Waals surface area contributed by atoms with Gasteiger partial charge in [0.1, 0.15) is 0 Å². The van der Waals surface area contributed by atoms with Gasteiger partial charge in [0.05, 0.1) is 0 Å². The fraction of sp³-hybridized carbons (Fsp3) is 0.235. The number of halogens is 3. The fourth-order valence-electron chi connectivity index (χ4n) is 2.03. The minimum absolute atomic E-state index is 0.390. The van der Waals surface area contributed by atoms with Crippen molar-refractivity contribution >= 4 is 33.6 Å². The molecule has 0 radical (unpaired) electrons. The Morgan fingerprint density at radius 2 is 1.65 bits per heavy atom. The first-order valence-electron chi connectivity index (χ1n) is 7.04. The molecule has 0 aliphatic heterocycles. The molecule has 1 N–H and O–H groups in total. The first-order chi connectivity index (χ1) is 10.9. The van der Waals surface area contributed by atoms with Gasteiger partial charge in [0, 0.05) is 32.6 Å². The lowest BCUT2D eigenvalue weighted by atomic mass is 10.1. The van der Waals surface area contributed by atoms with Gasteiger partial charge in [0.15, 0.2) is 0 Å². The van der Waals surface area contributed by atoms with Gasteiger partial charge in [0.2, 0.25) is 0 Å². The second-order valence-electron chi connectivity index (χ2n) is 4.98. The molecular formula is C17H16BrF2NOS. The van der Waals surface area contributed by atoms with Gasteiger partial charge in [-0.05, 0) is 24.1 Å². The van der Waals surface area contributed by atoms with Crippen molar-refractivity contribution in [3.05, 3.63) is 66.2 Å². The van der Waals surface area contributed by atoms with E-state index < -0.39 is 16.8 Å². The molecule has 2 aromatic carbocycles. The van der Waals surface area contributed by atoms with Crippen molar-refractivity contribution < 1.29 is 13.6 Å². The Hall–Kier alpha value is -1.40. The first kappa shape index (κ1) is 17.9. The number of benzene rings is 2. The highest BCUT2D eigenvalue weighted by atomic mass is 79.9. The maximum absolute atomic E-state index is 13.1.